The number of likely N-dealkylation sites (N-methyl/N-ethyl adjacent to an activating group) is 1. The number of benzene rings is 2. The standard InChI is InChI=1S/C22H28FN3O4S/c1-5-24-22(28)17(3)25(14-18-10-7-6-9-16(18)2)21(27)15-26(31(4,29)30)20-12-8-11-19(23)13-20/h6-13,17H,5,14-15H2,1-4H3,(H,24,28)/t17-/m0/s1. The summed E-state index contributed by atoms with van der Waals surface area (Å²) in [5.74, 6) is -1.54. The minimum Gasteiger partial charge on any atom is -0.355 e. The van der Waals surface area contributed by atoms with E-state index in [0.717, 1.165) is 27.8 Å². The molecular formula is C22H28FN3O4S. The van der Waals surface area contributed by atoms with Crippen LogP contribution in [0.25, 0.3) is 0 Å². The van der Waals surface area contributed by atoms with Crippen molar-refractivity contribution >= 4 is 27.5 Å². The summed E-state index contributed by atoms with van der Waals surface area (Å²) < 4.78 is 39.3. The lowest BCUT2D eigenvalue weighted by Crippen LogP contribution is -2.51. The molecule has 0 aliphatic heterocycles. The molecule has 1 atom stereocenters. The van der Waals surface area contributed by atoms with Gasteiger partial charge in [0.2, 0.25) is 21.8 Å². The van der Waals surface area contributed by atoms with Crippen molar-refractivity contribution in [2.45, 2.75) is 33.4 Å². The Labute approximate surface area is 182 Å². The summed E-state index contributed by atoms with van der Waals surface area (Å²) in [6.45, 7) is 5.22. The van der Waals surface area contributed by atoms with Gasteiger partial charge in [0, 0.05) is 13.1 Å². The van der Waals surface area contributed by atoms with E-state index in [1.54, 1.807) is 13.8 Å². The molecule has 0 aliphatic carbocycles. The molecule has 31 heavy (non-hydrogen) atoms. The average Bonchev–Trinajstić information content (AvgIpc) is 2.70. The number of halogens is 1. The first-order valence-corrected chi connectivity index (χ1v) is 11.7. The van der Waals surface area contributed by atoms with Crippen LogP contribution in [-0.4, -0.2) is 50.5 Å². The number of amides is 2. The predicted octanol–water partition coefficient (Wildman–Crippen LogP) is 2.45. The van der Waals surface area contributed by atoms with Crippen LogP contribution in [0.3, 0.4) is 0 Å². The van der Waals surface area contributed by atoms with Crippen molar-refractivity contribution in [1.29, 1.82) is 0 Å². The van der Waals surface area contributed by atoms with E-state index in [9.17, 15) is 22.4 Å². The van der Waals surface area contributed by atoms with Gasteiger partial charge >= 0.3 is 0 Å². The van der Waals surface area contributed by atoms with Crippen LogP contribution >= 0.6 is 0 Å². The molecule has 2 amide bonds. The number of carbonyl (C=O) groups is 2. The summed E-state index contributed by atoms with van der Waals surface area (Å²) >= 11 is 0. The van der Waals surface area contributed by atoms with Crippen molar-refractivity contribution in [1.82, 2.24) is 10.2 Å². The molecule has 0 aliphatic rings. The number of nitrogens with one attached hydrogen (secondary N) is 1. The second kappa shape index (κ2) is 10.4. The smallest absolute Gasteiger partial charge is 0.244 e. The minimum absolute atomic E-state index is 0.0392. The van der Waals surface area contributed by atoms with Crippen molar-refractivity contribution < 1.29 is 22.4 Å². The first kappa shape index (κ1) is 24.3. The van der Waals surface area contributed by atoms with E-state index >= 15 is 0 Å². The fraction of sp³-hybridized carbons (Fsp3) is 0.364. The van der Waals surface area contributed by atoms with E-state index in [1.807, 2.05) is 31.2 Å². The summed E-state index contributed by atoms with van der Waals surface area (Å²) in [6.07, 6.45) is 0.949. The number of sulfonamides is 1. The molecule has 0 fully saturated rings. The minimum atomic E-state index is -3.88. The van der Waals surface area contributed by atoms with Crippen LogP contribution in [0.1, 0.15) is 25.0 Å². The fourth-order valence-corrected chi connectivity index (χ4v) is 3.96. The van der Waals surface area contributed by atoms with Crippen molar-refractivity contribution in [3.05, 3.63) is 65.5 Å². The second-order valence-corrected chi connectivity index (χ2v) is 9.17. The molecule has 0 spiro atoms. The van der Waals surface area contributed by atoms with Crippen molar-refractivity contribution in [2.24, 2.45) is 0 Å². The first-order valence-electron chi connectivity index (χ1n) is 9.89. The Kier molecular flexibility index (Phi) is 8.15. The molecule has 0 saturated carbocycles. The third-order valence-corrected chi connectivity index (χ3v) is 6.04. The maximum absolute atomic E-state index is 13.7. The molecule has 7 nitrogen and oxygen atoms in total. The quantitative estimate of drug-likeness (QED) is 0.637. The molecule has 0 aromatic heterocycles. The molecule has 1 N–H and O–H groups in total. The van der Waals surface area contributed by atoms with Crippen LogP contribution in [0.5, 0.6) is 0 Å². The number of carbonyl (C=O) groups excluding carboxylic acids is 2. The average molecular weight is 450 g/mol. The lowest BCUT2D eigenvalue weighted by Gasteiger charge is -2.31. The molecule has 2 aromatic rings. The molecule has 2 aromatic carbocycles. The predicted molar refractivity (Wildman–Crippen MR) is 118 cm³/mol. The molecule has 0 radical (unpaired) electrons. The molecule has 9 heteroatoms. The summed E-state index contributed by atoms with van der Waals surface area (Å²) in [6, 6.07) is 11.6. The highest BCUT2D eigenvalue weighted by Gasteiger charge is 2.30. The van der Waals surface area contributed by atoms with Crippen LogP contribution in [-0.2, 0) is 26.2 Å². The Bertz CT molecular complexity index is 1040. The van der Waals surface area contributed by atoms with Crippen LogP contribution in [0.15, 0.2) is 48.5 Å². The van der Waals surface area contributed by atoms with Gasteiger partial charge in [-0.2, -0.15) is 0 Å². The van der Waals surface area contributed by atoms with Crippen molar-refractivity contribution in [3.8, 4) is 0 Å². The van der Waals surface area contributed by atoms with Gasteiger partial charge in [-0.1, -0.05) is 30.3 Å². The molecule has 2 rings (SSSR count). The molecule has 168 valence electrons. The van der Waals surface area contributed by atoms with Gasteiger partial charge in [0.25, 0.3) is 0 Å². The molecule has 0 unspecified atom stereocenters. The largest absolute Gasteiger partial charge is 0.355 e. The second-order valence-electron chi connectivity index (χ2n) is 7.27. The summed E-state index contributed by atoms with van der Waals surface area (Å²) in [7, 11) is -3.88. The lowest BCUT2D eigenvalue weighted by molar-refractivity contribution is -0.139. The Hall–Kier alpha value is -2.94. The highest BCUT2D eigenvalue weighted by molar-refractivity contribution is 7.92. The van der Waals surface area contributed by atoms with E-state index in [2.05, 4.69) is 5.32 Å². The van der Waals surface area contributed by atoms with Gasteiger partial charge in [0.05, 0.1) is 11.9 Å². The maximum atomic E-state index is 13.7. The van der Waals surface area contributed by atoms with E-state index in [4.69, 9.17) is 0 Å². The lowest BCUT2D eigenvalue weighted by atomic mass is 10.1. The number of nitrogens with zero attached hydrogens (tertiary/aromatic N) is 2. The number of hydrogen-bond acceptors (Lipinski definition) is 4. The summed E-state index contributed by atoms with van der Waals surface area (Å²) in [4.78, 5) is 27.1. The third-order valence-electron chi connectivity index (χ3n) is 4.90. The van der Waals surface area contributed by atoms with Crippen LogP contribution in [0.4, 0.5) is 10.1 Å². The van der Waals surface area contributed by atoms with E-state index in [-0.39, 0.29) is 18.1 Å². The number of aryl methyl sites for hydroxylation is 1. The topological polar surface area (TPSA) is 86.8 Å². The van der Waals surface area contributed by atoms with Gasteiger partial charge in [-0.15, -0.1) is 0 Å². The number of anilines is 1. The zero-order chi connectivity index (χ0) is 23.2. The van der Waals surface area contributed by atoms with Crippen LogP contribution in [0, 0.1) is 12.7 Å². The van der Waals surface area contributed by atoms with Gasteiger partial charge in [-0.05, 0) is 50.1 Å². The summed E-state index contributed by atoms with van der Waals surface area (Å²) in [5, 5.41) is 2.69. The monoisotopic (exact) mass is 449 g/mol. The Balaban J connectivity index is 2.40. The normalized spacial score (nSPS) is 12.2. The van der Waals surface area contributed by atoms with E-state index in [1.165, 1.54) is 23.1 Å². The molecular weight excluding hydrogens is 421 g/mol. The Morgan fingerprint density at radius 3 is 2.39 bits per heavy atom. The van der Waals surface area contributed by atoms with Gasteiger partial charge < -0.3 is 10.2 Å². The highest BCUT2D eigenvalue weighted by Crippen LogP contribution is 2.20. The van der Waals surface area contributed by atoms with E-state index < -0.39 is 34.3 Å². The van der Waals surface area contributed by atoms with Gasteiger partial charge in [-0.3, -0.25) is 13.9 Å². The first-order chi connectivity index (χ1) is 14.5. The zero-order valence-corrected chi connectivity index (χ0v) is 18.9. The van der Waals surface area contributed by atoms with Crippen molar-refractivity contribution in [2.75, 3.05) is 23.7 Å². The fourth-order valence-electron chi connectivity index (χ4n) is 3.12. The van der Waals surface area contributed by atoms with Gasteiger partial charge in [0.15, 0.2) is 0 Å². The van der Waals surface area contributed by atoms with Gasteiger partial charge in [0.1, 0.15) is 18.4 Å². The van der Waals surface area contributed by atoms with Crippen LogP contribution < -0.4 is 9.62 Å². The zero-order valence-electron chi connectivity index (χ0n) is 18.1. The highest BCUT2D eigenvalue weighted by atomic mass is 32.2. The molecule has 0 bridgehead atoms. The van der Waals surface area contributed by atoms with Crippen molar-refractivity contribution in [3.63, 3.8) is 0 Å². The number of hydrogen-bond donors (Lipinski definition) is 1. The Morgan fingerprint density at radius 2 is 1.81 bits per heavy atom. The molecule has 0 saturated heterocycles. The third kappa shape index (κ3) is 6.52. The summed E-state index contributed by atoms with van der Waals surface area (Å²) in [5.41, 5.74) is 1.81. The molecule has 0 heterocycles. The van der Waals surface area contributed by atoms with Gasteiger partial charge in [-0.25, -0.2) is 12.8 Å². The van der Waals surface area contributed by atoms with Crippen LogP contribution in [0.2, 0.25) is 0 Å². The Morgan fingerprint density at radius 1 is 1.13 bits per heavy atom. The number of rotatable bonds is 9. The SMILES string of the molecule is CCNC(=O)[C@H](C)N(Cc1ccccc1C)C(=O)CN(c1cccc(F)c1)S(C)(=O)=O. The maximum Gasteiger partial charge on any atom is 0.244 e. The van der Waals surface area contributed by atoms with E-state index in [0.29, 0.717) is 6.54 Å².